The quantitative estimate of drug-likeness (QED) is 0.330. The van der Waals surface area contributed by atoms with Crippen LogP contribution in [0.3, 0.4) is 0 Å². The molecule has 8 nitrogen and oxygen atoms in total. The number of nitrogens with zero attached hydrogens (tertiary/aromatic N) is 1. The van der Waals surface area contributed by atoms with E-state index in [1.807, 2.05) is 50.3 Å². The van der Waals surface area contributed by atoms with Crippen LogP contribution in [0.1, 0.15) is 37.8 Å². The van der Waals surface area contributed by atoms with E-state index in [0.29, 0.717) is 17.7 Å². The average molecular weight is 488 g/mol. The van der Waals surface area contributed by atoms with Crippen molar-refractivity contribution in [3.63, 3.8) is 0 Å². The lowest BCUT2D eigenvalue weighted by Gasteiger charge is -2.30. The molecule has 2 amide bonds. The molecule has 2 aromatic carbocycles. The number of amides is 2. The highest BCUT2D eigenvalue weighted by Crippen LogP contribution is 2.27. The number of sulfonamides is 1. The van der Waals surface area contributed by atoms with Gasteiger partial charge in [0.1, 0.15) is 0 Å². The molecule has 184 valence electrons. The standard InChI is InChI=1S/C25H33N3O5S/c1-18(2)17-22(21(25(30)27-31)15-10-14-20-12-6-5-7-13-20)24(29)26-28(34(4,32)33)23-16-9-8-11-19(23)3/h5-14,16,18,21-22,31H,15,17H2,1-4H3,(H,26,29)(H,27,30)/b14-10+/t21-,22+/m0/s1. The molecule has 2 rings (SSSR count). The first kappa shape index (κ1) is 27.1. The maximum Gasteiger partial charge on any atom is 0.249 e. The first-order valence-corrected chi connectivity index (χ1v) is 12.9. The number of para-hydroxylation sites is 1. The third-order valence-corrected chi connectivity index (χ3v) is 6.32. The molecule has 0 bridgehead atoms. The third-order valence-electron chi connectivity index (χ3n) is 5.37. The number of hydrogen-bond acceptors (Lipinski definition) is 5. The van der Waals surface area contributed by atoms with Gasteiger partial charge in [-0.15, -0.1) is 0 Å². The minimum atomic E-state index is -3.86. The van der Waals surface area contributed by atoms with Crippen molar-refractivity contribution in [2.75, 3.05) is 10.7 Å². The molecule has 0 aliphatic heterocycles. The van der Waals surface area contributed by atoms with Crippen LogP contribution in [0.15, 0.2) is 60.7 Å². The zero-order valence-electron chi connectivity index (χ0n) is 19.9. The van der Waals surface area contributed by atoms with E-state index in [1.165, 1.54) is 0 Å². The van der Waals surface area contributed by atoms with E-state index in [9.17, 15) is 23.2 Å². The fourth-order valence-corrected chi connectivity index (χ4v) is 4.53. The SMILES string of the molecule is Cc1ccccc1N(NC(=O)[C@H](CC(C)C)[C@H](C/C=C/c1ccccc1)C(=O)NO)S(C)(=O)=O. The second-order valence-electron chi connectivity index (χ2n) is 8.66. The number of rotatable bonds is 11. The molecule has 34 heavy (non-hydrogen) atoms. The van der Waals surface area contributed by atoms with Crippen LogP contribution in [0.4, 0.5) is 5.69 Å². The molecule has 0 aliphatic rings. The maximum atomic E-state index is 13.4. The Hall–Kier alpha value is -3.17. The number of carbonyl (C=O) groups excluding carboxylic acids is 2. The number of hydrazine groups is 1. The molecule has 2 aromatic rings. The highest BCUT2D eigenvalue weighted by Gasteiger charge is 2.35. The van der Waals surface area contributed by atoms with Crippen LogP contribution >= 0.6 is 0 Å². The Kier molecular flexibility index (Phi) is 9.83. The van der Waals surface area contributed by atoms with Crippen molar-refractivity contribution in [1.82, 2.24) is 10.9 Å². The molecular formula is C25H33N3O5S. The summed E-state index contributed by atoms with van der Waals surface area (Å²) < 4.78 is 25.9. The van der Waals surface area contributed by atoms with Gasteiger partial charge in [0.05, 0.1) is 23.8 Å². The van der Waals surface area contributed by atoms with Crippen molar-refractivity contribution in [2.45, 2.75) is 33.6 Å². The number of carbonyl (C=O) groups is 2. The largest absolute Gasteiger partial charge is 0.289 e. The molecule has 3 N–H and O–H groups in total. The number of aryl methyl sites for hydroxylation is 1. The highest BCUT2D eigenvalue weighted by atomic mass is 32.2. The maximum absolute atomic E-state index is 13.4. The van der Waals surface area contributed by atoms with Crippen LogP contribution < -0.4 is 15.3 Å². The van der Waals surface area contributed by atoms with Crippen molar-refractivity contribution in [3.05, 3.63) is 71.8 Å². The summed E-state index contributed by atoms with van der Waals surface area (Å²) in [5.74, 6) is -3.09. The predicted molar refractivity (Wildman–Crippen MR) is 133 cm³/mol. The Morgan fingerprint density at radius 3 is 2.18 bits per heavy atom. The van der Waals surface area contributed by atoms with Crippen molar-refractivity contribution >= 4 is 33.6 Å². The molecule has 0 saturated carbocycles. The van der Waals surface area contributed by atoms with Crippen LogP contribution in [-0.2, 0) is 19.6 Å². The van der Waals surface area contributed by atoms with E-state index in [0.717, 1.165) is 16.2 Å². The summed E-state index contributed by atoms with van der Waals surface area (Å²) in [4.78, 5) is 26.0. The highest BCUT2D eigenvalue weighted by molar-refractivity contribution is 7.92. The zero-order chi connectivity index (χ0) is 25.3. The molecule has 2 atom stereocenters. The van der Waals surface area contributed by atoms with Gasteiger partial charge in [-0.25, -0.2) is 13.9 Å². The smallest absolute Gasteiger partial charge is 0.249 e. The van der Waals surface area contributed by atoms with Gasteiger partial charge in [0.25, 0.3) is 0 Å². The van der Waals surface area contributed by atoms with Crippen LogP contribution in [0, 0.1) is 24.7 Å². The molecule has 0 unspecified atom stereocenters. The molecular weight excluding hydrogens is 454 g/mol. The predicted octanol–water partition coefficient (Wildman–Crippen LogP) is 3.68. The van der Waals surface area contributed by atoms with E-state index >= 15 is 0 Å². The van der Waals surface area contributed by atoms with Gasteiger partial charge in [-0.1, -0.05) is 74.5 Å². The third kappa shape index (κ3) is 7.71. The first-order chi connectivity index (χ1) is 16.0. The normalized spacial score (nSPS) is 13.5. The Morgan fingerprint density at radius 2 is 1.62 bits per heavy atom. The number of hydrogen-bond donors (Lipinski definition) is 3. The van der Waals surface area contributed by atoms with E-state index in [1.54, 1.807) is 42.7 Å². The van der Waals surface area contributed by atoms with Gasteiger partial charge in [-0.05, 0) is 42.9 Å². The van der Waals surface area contributed by atoms with Crippen LogP contribution in [-0.4, -0.2) is 31.7 Å². The minimum Gasteiger partial charge on any atom is -0.289 e. The Morgan fingerprint density at radius 1 is 1.00 bits per heavy atom. The molecule has 9 heteroatoms. The summed E-state index contributed by atoms with van der Waals surface area (Å²) in [7, 11) is -3.86. The van der Waals surface area contributed by atoms with Crippen molar-refractivity contribution < 1.29 is 23.2 Å². The molecule has 0 aliphatic carbocycles. The number of allylic oxidation sites excluding steroid dienone is 1. The molecule has 0 fully saturated rings. The second kappa shape index (κ2) is 12.3. The summed E-state index contributed by atoms with van der Waals surface area (Å²) in [5.41, 5.74) is 6.07. The van der Waals surface area contributed by atoms with Gasteiger partial charge in [-0.2, -0.15) is 4.41 Å². The summed E-state index contributed by atoms with van der Waals surface area (Å²) in [6, 6.07) is 16.2. The lowest BCUT2D eigenvalue weighted by atomic mass is 9.82. The van der Waals surface area contributed by atoms with Crippen LogP contribution in [0.25, 0.3) is 6.08 Å². The van der Waals surface area contributed by atoms with E-state index in [-0.39, 0.29) is 12.3 Å². The molecule has 0 aromatic heterocycles. The Labute approximate surface area is 201 Å². The first-order valence-electron chi connectivity index (χ1n) is 11.1. The molecule has 0 saturated heterocycles. The summed E-state index contributed by atoms with van der Waals surface area (Å²) >= 11 is 0. The van der Waals surface area contributed by atoms with Gasteiger partial charge in [-0.3, -0.25) is 20.2 Å². The number of nitrogens with one attached hydrogen (secondary N) is 2. The number of hydroxylamine groups is 1. The van der Waals surface area contributed by atoms with E-state index in [2.05, 4.69) is 5.43 Å². The van der Waals surface area contributed by atoms with Crippen molar-refractivity contribution in [2.24, 2.45) is 17.8 Å². The van der Waals surface area contributed by atoms with Crippen LogP contribution in [0.2, 0.25) is 0 Å². The number of anilines is 1. The fourth-order valence-electron chi connectivity index (χ4n) is 3.71. The zero-order valence-corrected chi connectivity index (χ0v) is 20.7. The average Bonchev–Trinajstić information content (AvgIpc) is 2.79. The van der Waals surface area contributed by atoms with Gasteiger partial charge in [0.2, 0.25) is 21.8 Å². The number of benzene rings is 2. The minimum absolute atomic E-state index is 0.0352. The van der Waals surface area contributed by atoms with E-state index in [4.69, 9.17) is 0 Å². The molecule has 0 heterocycles. The summed E-state index contributed by atoms with van der Waals surface area (Å²) in [5, 5.41) is 9.35. The second-order valence-corrected chi connectivity index (χ2v) is 10.5. The molecule has 0 radical (unpaired) electrons. The van der Waals surface area contributed by atoms with Gasteiger partial charge in [0, 0.05) is 0 Å². The van der Waals surface area contributed by atoms with Gasteiger partial charge >= 0.3 is 0 Å². The monoisotopic (exact) mass is 487 g/mol. The lowest BCUT2D eigenvalue weighted by molar-refractivity contribution is -0.140. The van der Waals surface area contributed by atoms with Crippen molar-refractivity contribution in [3.8, 4) is 0 Å². The lowest BCUT2D eigenvalue weighted by Crippen LogP contribution is -2.51. The Balaban J connectivity index is 2.37. The van der Waals surface area contributed by atoms with Crippen molar-refractivity contribution in [1.29, 1.82) is 0 Å². The van der Waals surface area contributed by atoms with Gasteiger partial charge in [0.15, 0.2) is 0 Å². The fraction of sp³-hybridized carbons (Fsp3) is 0.360. The molecule has 0 spiro atoms. The van der Waals surface area contributed by atoms with Crippen LogP contribution in [0.5, 0.6) is 0 Å². The Bertz CT molecular complexity index is 1100. The summed E-state index contributed by atoms with van der Waals surface area (Å²) in [6.07, 6.45) is 5.09. The topological polar surface area (TPSA) is 116 Å². The summed E-state index contributed by atoms with van der Waals surface area (Å²) in [6.45, 7) is 5.55. The van der Waals surface area contributed by atoms with E-state index < -0.39 is 33.7 Å². The van der Waals surface area contributed by atoms with Gasteiger partial charge < -0.3 is 0 Å².